The molecular weight excluding hydrogens is 309 g/mol. The standard InChI is InChI=1S/C16H17ClFNO3/c1-21-13-3-5-14(6-4-13)22-16-7-2-11(18)8-15(16)19-10-12(20)9-17/h2-8,12,19-20H,9-10H2,1H3. The number of halogens is 2. The Morgan fingerprint density at radius 2 is 1.86 bits per heavy atom. The molecule has 0 aliphatic heterocycles. The zero-order valence-corrected chi connectivity index (χ0v) is 12.8. The van der Waals surface area contributed by atoms with Gasteiger partial charge in [0, 0.05) is 12.6 Å². The minimum atomic E-state index is -0.723. The van der Waals surface area contributed by atoms with Gasteiger partial charge < -0.3 is 19.9 Å². The number of alkyl halides is 1. The maximum Gasteiger partial charge on any atom is 0.150 e. The van der Waals surface area contributed by atoms with Gasteiger partial charge in [0.2, 0.25) is 0 Å². The van der Waals surface area contributed by atoms with E-state index in [1.54, 1.807) is 31.4 Å². The van der Waals surface area contributed by atoms with Gasteiger partial charge in [0.05, 0.1) is 24.8 Å². The van der Waals surface area contributed by atoms with E-state index >= 15 is 0 Å². The molecule has 0 spiro atoms. The van der Waals surface area contributed by atoms with Crippen LogP contribution in [-0.4, -0.2) is 30.7 Å². The van der Waals surface area contributed by atoms with Gasteiger partial charge in [0.25, 0.3) is 0 Å². The Kier molecular flexibility index (Phi) is 5.86. The summed E-state index contributed by atoms with van der Waals surface area (Å²) in [5.41, 5.74) is 0.444. The first-order valence-electron chi connectivity index (χ1n) is 6.71. The molecule has 4 nitrogen and oxygen atoms in total. The van der Waals surface area contributed by atoms with Crippen molar-refractivity contribution in [2.45, 2.75) is 6.10 Å². The number of benzene rings is 2. The van der Waals surface area contributed by atoms with Crippen LogP contribution in [0.15, 0.2) is 42.5 Å². The highest BCUT2D eigenvalue weighted by molar-refractivity contribution is 6.18. The molecule has 0 saturated carbocycles. The third-order valence-corrected chi connectivity index (χ3v) is 3.29. The summed E-state index contributed by atoms with van der Waals surface area (Å²) in [6, 6.07) is 11.2. The number of methoxy groups -OCH3 is 1. The lowest BCUT2D eigenvalue weighted by Crippen LogP contribution is -2.21. The first kappa shape index (κ1) is 16.4. The zero-order chi connectivity index (χ0) is 15.9. The van der Waals surface area contributed by atoms with Crippen molar-refractivity contribution in [2.75, 3.05) is 24.9 Å². The number of aliphatic hydroxyl groups is 1. The van der Waals surface area contributed by atoms with Crippen LogP contribution in [0.5, 0.6) is 17.2 Å². The minimum absolute atomic E-state index is 0.0942. The van der Waals surface area contributed by atoms with Gasteiger partial charge >= 0.3 is 0 Å². The maximum absolute atomic E-state index is 13.4. The molecule has 0 heterocycles. The molecule has 22 heavy (non-hydrogen) atoms. The van der Waals surface area contributed by atoms with E-state index in [2.05, 4.69) is 5.32 Å². The summed E-state index contributed by atoms with van der Waals surface area (Å²) < 4.78 is 24.2. The molecule has 0 bridgehead atoms. The number of hydrogen-bond donors (Lipinski definition) is 2. The fourth-order valence-corrected chi connectivity index (χ4v) is 1.89. The maximum atomic E-state index is 13.4. The van der Waals surface area contributed by atoms with Gasteiger partial charge in [-0.05, 0) is 36.4 Å². The Hall–Kier alpha value is -1.98. The summed E-state index contributed by atoms with van der Waals surface area (Å²) in [7, 11) is 1.58. The fourth-order valence-electron chi connectivity index (χ4n) is 1.78. The first-order valence-corrected chi connectivity index (χ1v) is 7.25. The number of hydrogen-bond acceptors (Lipinski definition) is 4. The molecule has 1 unspecified atom stereocenters. The average Bonchev–Trinajstić information content (AvgIpc) is 2.55. The molecule has 2 aromatic rings. The molecule has 2 rings (SSSR count). The molecule has 2 N–H and O–H groups in total. The van der Waals surface area contributed by atoms with E-state index in [1.807, 2.05) is 0 Å². The molecule has 0 aliphatic rings. The van der Waals surface area contributed by atoms with Crippen LogP contribution in [0.2, 0.25) is 0 Å². The van der Waals surface area contributed by atoms with Crippen LogP contribution in [-0.2, 0) is 0 Å². The topological polar surface area (TPSA) is 50.7 Å². The Morgan fingerprint density at radius 1 is 1.18 bits per heavy atom. The number of rotatable bonds is 7. The highest BCUT2D eigenvalue weighted by atomic mass is 35.5. The van der Waals surface area contributed by atoms with Gasteiger partial charge in [-0.2, -0.15) is 0 Å². The van der Waals surface area contributed by atoms with Crippen LogP contribution >= 0.6 is 11.6 Å². The van der Waals surface area contributed by atoms with Crippen LogP contribution in [0.25, 0.3) is 0 Å². The summed E-state index contributed by atoms with van der Waals surface area (Å²) >= 11 is 5.54. The summed E-state index contributed by atoms with van der Waals surface area (Å²) in [4.78, 5) is 0. The van der Waals surface area contributed by atoms with Gasteiger partial charge in [-0.1, -0.05) is 0 Å². The highest BCUT2D eigenvalue weighted by Crippen LogP contribution is 2.31. The second kappa shape index (κ2) is 7.87. The number of nitrogens with one attached hydrogen (secondary N) is 1. The van der Waals surface area contributed by atoms with Crippen LogP contribution in [0, 0.1) is 5.82 Å². The van der Waals surface area contributed by atoms with Crippen LogP contribution < -0.4 is 14.8 Å². The largest absolute Gasteiger partial charge is 0.497 e. The van der Waals surface area contributed by atoms with Crippen LogP contribution in [0.1, 0.15) is 0 Å². The highest BCUT2D eigenvalue weighted by Gasteiger charge is 2.09. The molecule has 0 saturated heterocycles. The van der Waals surface area contributed by atoms with Crippen molar-refractivity contribution in [3.63, 3.8) is 0 Å². The molecule has 0 aromatic heterocycles. The SMILES string of the molecule is COc1ccc(Oc2ccc(F)cc2NCC(O)CCl)cc1. The Bertz CT molecular complexity index is 607. The number of anilines is 1. The van der Waals surface area contributed by atoms with E-state index < -0.39 is 11.9 Å². The van der Waals surface area contributed by atoms with E-state index in [4.69, 9.17) is 21.1 Å². The van der Waals surface area contributed by atoms with Crippen LogP contribution in [0.4, 0.5) is 10.1 Å². The molecule has 0 radical (unpaired) electrons. The summed E-state index contributed by atoms with van der Waals surface area (Å²) in [6.07, 6.45) is -0.723. The van der Waals surface area contributed by atoms with Crippen molar-refractivity contribution in [3.05, 3.63) is 48.3 Å². The zero-order valence-electron chi connectivity index (χ0n) is 12.1. The summed E-state index contributed by atoms with van der Waals surface area (Å²) in [5, 5.41) is 12.4. The van der Waals surface area contributed by atoms with Gasteiger partial charge in [-0.25, -0.2) is 4.39 Å². The second-order valence-corrected chi connectivity index (χ2v) is 4.92. The lowest BCUT2D eigenvalue weighted by atomic mass is 10.2. The second-order valence-electron chi connectivity index (χ2n) is 4.61. The van der Waals surface area contributed by atoms with Gasteiger partial charge in [0.1, 0.15) is 17.3 Å². The van der Waals surface area contributed by atoms with Crippen molar-refractivity contribution in [3.8, 4) is 17.2 Å². The molecule has 1 atom stereocenters. The van der Waals surface area contributed by atoms with Crippen LogP contribution in [0.3, 0.4) is 0 Å². The van der Waals surface area contributed by atoms with Crippen molar-refractivity contribution in [1.29, 1.82) is 0 Å². The van der Waals surface area contributed by atoms with E-state index in [9.17, 15) is 9.50 Å². The molecule has 118 valence electrons. The molecule has 2 aromatic carbocycles. The van der Waals surface area contributed by atoms with E-state index in [1.165, 1.54) is 18.2 Å². The average molecular weight is 326 g/mol. The Morgan fingerprint density at radius 3 is 2.50 bits per heavy atom. The molecule has 0 aliphatic carbocycles. The smallest absolute Gasteiger partial charge is 0.150 e. The van der Waals surface area contributed by atoms with Crippen molar-refractivity contribution in [1.82, 2.24) is 0 Å². The van der Waals surface area contributed by atoms with E-state index in [0.29, 0.717) is 17.2 Å². The molecule has 6 heteroatoms. The minimum Gasteiger partial charge on any atom is -0.497 e. The van der Waals surface area contributed by atoms with E-state index in [-0.39, 0.29) is 12.4 Å². The van der Waals surface area contributed by atoms with Gasteiger partial charge in [-0.15, -0.1) is 11.6 Å². The summed E-state index contributed by atoms with van der Waals surface area (Å²) in [5.74, 6) is 1.46. The fraction of sp³-hybridized carbons (Fsp3) is 0.250. The number of aliphatic hydroxyl groups excluding tert-OH is 1. The van der Waals surface area contributed by atoms with Crippen molar-refractivity contribution >= 4 is 17.3 Å². The normalized spacial score (nSPS) is 11.8. The third kappa shape index (κ3) is 4.51. The van der Waals surface area contributed by atoms with Gasteiger partial charge in [-0.3, -0.25) is 0 Å². The third-order valence-electron chi connectivity index (χ3n) is 2.94. The summed E-state index contributed by atoms with van der Waals surface area (Å²) in [6.45, 7) is 0.200. The van der Waals surface area contributed by atoms with Gasteiger partial charge in [0.15, 0.2) is 5.75 Å². The predicted octanol–water partition coefficient (Wildman–Crippen LogP) is 3.64. The monoisotopic (exact) mass is 325 g/mol. The molecule has 0 fully saturated rings. The van der Waals surface area contributed by atoms with E-state index in [0.717, 1.165) is 5.75 Å². The van der Waals surface area contributed by atoms with Crippen molar-refractivity contribution < 1.29 is 19.0 Å². The lowest BCUT2D eigenvalue weighted by Gasteiger charge is -2.15. The number of ether oxygens (including phenoxy) is 2. The van der Waals surface area contributed by atoms with Crippen molar-refractivity contribution in [2.24, 2.45) is 0 Å². The quantitative estimate of drug-likeness (QED) is 0.763. The molecule has 0 amide bonds. The Labute approximate surface area is 133 Å². The predicted molar refractivity (Wildman–Crippen MR) is 84.7 cm³/mol. The molecular formula is C16H17ClFNO3. The first-order chi connectivity index (χ1) is 10.6. The Balaban J connectivity index is 2.14. The lowest BCUT2D eigenvalue weighted by molar-refractivity contribution is 0.211.